The van der Waals surface area contributed by atoms with Crippen LogP contribution in [-0.4, -0.2) is 32.7 Å². The van der Waals surface area contributed by atoms with Crippen molar-refractivity contribution in [3.63, 3.8) is 0 Å². The van der Waals surface area contributed by atoms with Crippen LogP contribution in [0.2, 0.25) is 0 Å². The van der Waals surface area contributed by atoms with Gasteiger partial charge in [0.25, 0.3) is 5.91 Å². The SMILES string of the molecule is NC(=O)c1cc(N[C@H]2CCCC2=O)nc(Oc2ccc(Oc3ccc(C(F)(F)F)cn3)cc2)n1. The number of amides is 1. The van der Waals surface area contributed by atoms with E-state index in [4.69, 9.17) is 15.2 Å². The van der Waals surface area contributed by atoms with Gasteiger partial charge in [-0.05, 0) is 43.2 Å². The average molecular weight is 473 g/mol. The van der Waals surface area contributed by atoms with Crippen LogP contribution in [0.25, 0.3) is 0 Å². The van der Waals surface area contributed by atoms with E-state index < -0.39 is 23.7 Å². The molecular weight excluding hydrogens is 455 g/mol. The molecule has 1 aliphatic rings. The maximum Gasteiger partial charge on any atom is 0.417 e. The number of carbonyl (C=O) groups is 2. The van der Waals surface area contributed by atoms with Gasteiger partial charge < -0.3 is 20.5 Å². The van der Waals surface area contributed by atoms with Gasteiger partial charge in [0.2, 0.25) is 5.88 Å². The average Bonchev–Trinajstić information content (AvgIpc) is 3.19. The number of Topliss-reactive ketones (excluding diaryl/α,β-unsaturated/α-hetero) is 1. The fourth-order valence-corrected chi connectivity index (χ4v) is 3.23. The third-order valence-corrected chi connectivity index (χ3v) is 4.90. The van der Waals surface area contributed by atoms with Crippen molar-refractivity contribution in [2.45, 2.75) is 31.5 Å². The molecule has 4 rings (SSSR count). The number of nitrogens with one attached hydrogen (secondary N) is 1. The third-order valence-electron chi connectivity index (χ3n) is 4.90. The van der Waals surface area contributed by atoms with Crippen LogP contribution in [0.3, 0.4) is 0 Å². The fourth-order valence-electron chi connectivity index (χ4n) is 3.23. The monoisotopic (exact) mass is 473 g/mol. The van der Waals surface area contributed by atoms with Gasteiger partial charge in [-0.15, -0.1) is 0 Å². The molecule has 34 heavy (non-hydrogen) atoms. The normalized spacial score (nSPS) is 15.7. The van der Waals surface area contributed by atoms with E-state index >= 15 is 0 Å². The molecule has 0 spiro atoms. The van der Waals surface area contributed by atoms with Gasteiger partial charge in [0.1, 0.15) is 23.0 Å². The predicted octanol–water partition coefficient (Wildman–Crippen LogP) is 4.11. The summed E-state index contributed by atoms with van der Waals surface area (Å²) < 4.78 is 48.9. The second kappa shape index (κ2) is 9.33. The number of halogens is 3. The van der Waals surface area contributed by atoms with Gasteiger partial charge >= 0.3 is 12.2 Å². The van der Waals surface area contributed by atoms with Gasteiger partial charge in [0, 0.05) is 24.8 Å². The number of ether oxygens (including phenoxy) is 2. The topological polar surface area (TPSA) is 129 Å². The molecule has 1 amide bonds. The van der Waals surface area contributed by atoms with Crippen LogP contribution in [0.15, 0.2) is 48.7 Å². The summed E-state index contributed by atoms with van der Waals surface area (Å²) in [6.45, 7) is 0. The summed E-state index contributed by atoms with van der Waals surface area (Å²) in [6.07, 6.45) is -1.91. The predicted molar refractivity (Wildman–Crippen MR) is 113 cm³/mol. The Morgan fingerprint density at radius 3 is 2.32 bits per heavy atom. The molecule has 0 saturated heterocycles. The zero-order valence-electron chi connectivity index (χ0n) is 17.5. The van der Waals surface area contributed by atoms with E-state index in [9.17, 15) is 22.8 Å². The Morgan fingerprint density at radius 2 is 1.76 bits per heavy atom. The Hall–Kier alpha value is -4.22. The summed E-state index contributed by atoms with van der Waals surface area (Å²) in [5.74, 6) is 0.0649. The maximum absolute atomic E-state index is 12.6. The number of nitrogens with two attached hydrogens (primary N) is 1. The molecule has 1 fully saturated rings. The lowest BCUT2D eigenvalue weighted by atomic mass is 10.2. The molecule has 3 N–H and O–H groups in total. The first-order chi connectivity index (χ1) is 16.2. The van der Waals surface area contributed by atoms with Crippen LogP contribution in [0.5, 0.6) is 23.4 Å². The first kappa shape index (κ1) is 23.0. The maximum atomic E-state index is 12.6. The number of pyridine rings is 1. The van der Waals surface area contributed by atoms with Crippen molar-refractivity contribution in [3.05, 3.63) is 59.9 Å². The number of nitrogens with zero attached hydrogens (tertiary/aromatic N) is 3. The van der Waals surface area contributed by atoms with Crippen LogP contribution in [0.4, 0.5) is 19.0 Å². The first-order valence-electron chi connectivity index (χ1n) is 10.1. The van der Waals surface area contributed by atoms with Crippen molar-refractivity contribution in [2.24, 2.45) is 5.73 Å². The minimum atomic E-state index is -4.49. The smallest absolute Gasteiger partial charge is 0.417 e. The molecule has 176 valence electrons. The van der Waals surface area contributed by atoms with Crippen molar-refractivity contribution in [1.29, 1.82) is 0 Å². The molecule has 2 aromatic heterocycles. The highest BCUT2D eigenvalue weighted by atomic mass is 19.4. The Balaban J connectivity index is 1.46. The van der Waals surface area contributed by atoms with Crippen LogP contribution in [0, 0.1) is 0 Å². The standard InChI is InChI=1S/C22H18F3N5O4/c23-22(24,25)12-4-9-19(27-11-12)33-13-5-7-14(8-6-13)34-21-29-16(20(26)32)10-18(30-21)28-15-2-1-3-17(15)31/h4-11,15H,1-3H2,(H2,26,32)(H,28,29,30)/t15-/m0/s1. The van der Waals surface area contributed by atoms with Crippen molar-refractivity contribution in [2.75, 3.05) is 5.32 Å². The van der Waals surface area contributed by atoms with Crippen molar-refractivity contribution < 1.29 is 32.2 Å². The summed E-state index contributed by atoms with van der Waals surface area (Å²) in [6, 6.07) is 8.77. The van der Waals surface area contributed by atoms with Crippen LogP contribution in [0.1, 0.15) is 35.3 Å². The molecule has 2 heterocycles. The minimum absolute atomic E-state index is 0.0173. The minimum Gasteiger partial charge on any atom is -0.439 e. The number of carbonyl (C=O) groups excluding carboxylic acids is 2. The Kier molecular flexibility index (Phi) is 6.30. The van der Waals surface area contributed by atoms with Crippen LogP contribution in [-0.2, 0) is 11.0 Å². The quantitative estimate of drug-likeness (QED) is 0.525. The largest absolute Gasteiger partial charge is 0.439 e. The highest BCUT2D eigenvalue weighted by Gasteiger charge is 2.30. The van der Waals surface area contributed by atoms with Gasteiger partial charge in [-0.25, -0.2) is 4.98 Å². The fraction of sp³-hybridized carbons (Fsp3) is 0.227. The van der Waals surface area contributed by atoms with E-state index in [2.05, 4.69) is 20.3 Å². The molecule has 12 heteroatoms. The molecule has 1 saturated carbocycles. The molecule has 0 unspecified atom stereocenters. The molecule has 1 aromatic carbocycles. The summed E-state index contributed by atoms with van der Waals surface area (Å²) in [5.41, 5.74) is 4.37. The summed E-state index contributed by atoms with van der Waals surface area (Å²) in [7, 11) is 0. The van der Waals surface area contributed by atoms with E-state index in [0.29, 0.717) is 24.8 Å². The molecule has 0 radical (unpaired) electrons. The van der Waals surface area contributed by atoms with Gasteiger partial charge in [0.05, 0.1) is 11.6 Å². The van der Waals surface area contributed by atoms with Gasteiger partial charge in [0.15, 0.2) is 5.78 Å². The number of rotatable bonds is 7. The van der Waals surface area contributed by atoms with E-state index in [1.54, 1.807) is 0 Å². The van der Waals surface area contributed by atoms with Crippen molar-refractivity contribution in [3.8, 4) is 23.4 Å². The van der Waals surface area contributed by atoms with E-state index in [-0.39, 0.29) is 34.9 Å². The lowest BCUT2D eigenvalue weighted by molar-refractivity contribution is -0.137. The van der Waals surface area contributed by atoms with E-state index in [1.165, 1.54) is 30.3 Å². The summed E-state index contributed by atoms with van der Waals surface area (Å²) >= 11 is 0. The third kappa shape index (κ3) is 5.57. The Morgan fingerprint density at radius 1 is 1.06 bits per heavy atom. The second-order valence-electron chi connectivity index (χ2n) is 7.40. The molecular formula is C22H18F3N5O4. The lowest BCUT2D eigenvalue weighted by Crippen LogP contribution is -2.25. The first-order valence-corrected chi connectivity index (χ1v) is 10.1. The van der Waals surface area contributed by atoms with Gasteiger partial charge in [-0.3, -0.25) is 9.59 Å². The van der Waals surface area contributed by atoms with Gasteiger partial charge in [-0.2, -0.15) is 23.1 Å². The van der Waals surface area contributed by atoms with Crippen molar-refractivity contribution in [1.82, 2.24) is 15.0 Å². The molecule has 9 nitrogen and oxygen atoms in total. The summed E-state index contributed by atoms with van der Waals surface area (Å²) in [5, 5.41) is 2.98. The number of anilines is 1. The molecule has 0 aliphatic heterocycles. The number of ketones is 1. The Labute approximate surface area is 191 Å². The van der Waals surface area contributed by atoms with E-state index in [0.717, 1.165) is 18.6 Å². The van der Waals surface area contributed by atoms with E-state index in [1.807, 2.05) is 0 Å². The number of alkyl halides is 3. The number of primary amides is 1. The molecule has 1 atom stereocenters. The zero-order valence-corrected chi connectivity index (χ0v) is 17.5. The summed E-state index contributed by atoms with van der Waals surface area (Å²) in [4.78, 5) is 35.4. The highest BCUT2D eigenvalue weighted by molar-refractivity contribution is 5.92. The zero-order chi connectivity index (χ0) is 24.3. The molecule has 0 bridgehead atoms. The Bertz CT molecular complexity index is 1200. The van der Waals surface area contributed by atoms with Crippen LogP contribution >= 0.6 is 0 Å². The highest BCUT2D eigenvalue weighted by Crippen LogP contribution is 2.31. The lowest BCUT2D eigenvalue weighted by Gasteiger charge is -2.13. The van der Waals surface area contributed by atoms with Crippen LogP contribution < -0.4 is 20.5 Å². The number of hydrogen-bond donors (Lipinski definition) is 2. The number of aromatic nitrogens is 3. The molecule has 1 aliphatic carbocycles. The molecule has 3 aromatic rings. The van der Waals surface area contributed by atoms with Gasteiger partial charge in [-0.1, -0.05) is 0 Å². The second-order valence-corrected chi connectivity index (χ2v) is 7.40. The number of hydrogen-bond acceptors (Lipinski definition) is 8. The van der Waals surface area contributed by atoms with Crippen molar-refractivity contribution >= 4 is 17.5 Å². The number of benzene rings is 1.